The van der Waals surface area contributed by atoms with Crippen molar-refractivity contribution < 1.29 is 22.7 Å². The Bertz CT molecular complexity index is 619. The number of ether oxygens (including phenoxy) is 1. The lowest BCUT2D eigenvalue weighted by atomic mass is 10.2. The van der Waals surface area contributed by atoms with Gasteiger partial charge in [-0.05, 0) is 25.1 Å². The lowest BCUT2D eigenvalue weighted by Gasteiger charge is -2.13. The number of halogens is 1. The van der Waals surface area contributed by atoms with E-state index in [1.807, 2.05) is 0 Å². The summed E-state index contributed by atoms with van der Waals surface area (Å²) in [6, 6.07) is 2.98. The third kappa shape index (κ3) is 4.58. The lowest BCUT2D eigenvalue weighted by Crippen LogP contribution is -2.35. The molecular weight excluding hydrogens is 285 g/mol. The zero-order valence-corrected chi connectivity index (χ0v) is 12.0. The molecule has 20 heavy (non-hydrogen) atoms. The number of methoxy groups -OCH3 is 1. The number of hydrogen-bond donors (Lipinski definition) is 2. The van der Waals surface area contributed by atoms with Crippen molar-refractivity contribution in [3.05, 3.63) is 29.6 Å². The van der Waals surface area contributed by atoms with Crippen molar-refractivity contribution >= 4 is 10.0 Å². The summed E-state index contributed by atoms with van der Waals surface area (Å²) < 4.78 is 44.9. The fourth-order valence-corrected chi connectivity index (χ4v) is 2.76. The van der Waals surface area contributed by atoms with Crippen LogP contribution in [0.4, 0.5) is 4.39 Å². The van der Waals surface area contributed by atoms with Gasteiger partial charge in [0.1, 0.15) is 12.4 Å². The van der Waals surface area contributed by atoms with E-state index in [-0.39, 0.29) is 17.1 Å². The lowest BCUT2D eigenvalue weighted by molar-refractivity contribution is 0.180. The molecule has 0 saturated carbocycles. The first-order valence-corrected chi connectivity index (χ1v) is 7.29. The number of nitrogens with one attached hydrogen (secondary N) is 1. The summed E-state index contributed by atoms with van der Waals surface area (Å²) in [7, 11) is -2.35. The van der Waals surface area contributed by atoms with Gasteiger partial charge in [-0.3, -0.25) is 0 Å². The van der Waals surface area contributed by atoms with Gasteiger partial charge in [0.15, 0.2) is 0 Å². The molecule has 1 aromatic rings. The van der Waals surface area contributed by atoms with Crippen molar-refractivity contribution in [1.29, 1.82) is 0 Å². The van der Waals surface area contributed by atoms with Crippen LogP contribution in [-0.2, 0) is 14.8 Å². The van der Waals surface area contributed by atoms with Gasteiger partial charge in [0.05, 0.1) is 17.1 Å². The maximum atomic E-state index is 13.7. The van der Waals surface area contributed by atoms with E-state index < -0.39 is 28.5 Å². The van der Waals surface area contributed by atoms with Crippen LogP contribution in [0, 0.1) is 17.7 Å². The highest BCUT2D eigenvalue weighted by Gasteiger charge is 2.18. The zero-order chi connectivity index (χ0) is 15.2. The second-order valence-electron chi connectivity index (χ2n) is 4.08. The molecule has 0 heterocycles. The number of sulfonamides is 1. The predicted octanol–water partition coefficient (Wildman–Crippen LogP) is 0.483. The summed E-state index contributed by atoms with van der Waals surface area (Å²) >= 11 is 0. The second kappa shape index (κ2) is 7.36. The molecule has 1 atom stereocenters. The number of hydrogen-bond acceptors (Lipinski definition) is 4. The molecule has 7 heteroatoms. The van der Waals surface area contributed by atoms with E-state index in [9.17, 15) is 12.8 Å². The van der Waals surface area contributed by atoms with Crippen molar-refractivity contribution in [3.8, 4) is 11.8 Å². The van der Waals surface area contributed by atoms with Crippen molar-refractivity contribution in [2.45, 2.75) is 17.9 Å². The summed E-state index contributed by atoms with van der Waals surface area (Å²) in [6.45, 7) is 1.45. The molecule has 0 radical (unpaired) electrons. The fraction of sp³-hybridized carbons (Fsp3) is 0.385. The van der Waals surface area contributed by atoms with Gasteiger partial charge in [-0.1, -0.05) is 11.8 Å². The molecular formula is C13H16FNO4S. The third-order valence-electron chi connectivity index (χ3n) is 2.33. The van der Waals surface area contributed by atoms with Crippen LogP contribution in [0.15, 0.2) is 23.1 Å². The van der Waals surface area contributed by atoms with Crippen molar-refractivity contribution in [2.24, 2.45) is 0 Å². The minimum Gasteiger partial charge on any atom is -0.384 e. The van der Waals surface area contributed by atoms with E-state index in [4.69, 9.17) is 9.84 Å². The van der Waals surface area contributed by atoms with Gasteiger partial charge in [-0.2, -0.15) is 0 Å². The Labute approximate surface area is 117 Å². The van der Waals surface area contributed by atoms with Crippen LogP contribution in [0.2, 0.25) is 0 Å². The molecule has 0 aliphatic heterocycles. The van der Waals surface area contributed by atoms with Gasteiger partial charge in [-0.25, -0.2) is 17.5 Å². The van der Waals surface area contributed by atoms with E-state index in [0.29, 0.717) is 0 Å². The Balaban J connectivity index is 3.00. The molecule has 2 N–H and O–H groups in total. The van der Waals surface area contributed by atoms with E-state index in [1.165, 1.54) is 19.2 Å². The van der Waals surface area contributed by atoms with Crippen LogP contribution in [0.25, 0.3) is 0 Å². The molecule has 0 amide bonds. The molecule has 5 nitrogen and oxygen atoms in total. The van der Waals surface area contributed by atoms with Crippen molar-refractivity contribution in [3.63, 3.8) is 0 Å². The second-order valence-corrected chi connectivity index (χ2v) is 5.79. The fourth-order valence-electron chi connectivity index (χ4n) is 1.52. The van der Waals surface area contributed by atoms with Gasteiger partial charge >= 0.3 is 0 Å². The Morgan fingerprint density at radius 1 is 1.50 bits per heavy atom. The van der Waals surface area contributed by atoms with Gasteiger partial charge in [-0.15, -0.1) is 0 Å². The quantitative estimate of drug-likeness (QED) is 0.776. The first kappa shape index (κ1) is 16.6. The molecule has 0 saturated heterocycles. The minimum atomic E-state index is -3.81. The maximum absolute atomic E-state index is 13.7. The highest BCUT2D eigenvalue weighted by atomic mass is 32.2. The highest BCUT2D eigenvalue weighted by molar-refractivity contribution is 7.89. The van der Waals surface area contributed by atoms with Gasteiger partial charge in [0.2, 0.25) is 10.0 Å². The largest absolute Gasteiger partial charge is 0.384 e. The molecule has 110 valence electrons. The summed E-state index contributed by atoms with van der Waals surface area (Å²) in [5.74, 6) is 3.93. The Hall–Kier alpha value is -1.46. The van der Waals surface area contributed by atoms with E-state index >= 15 is 0 Å². The van der Waals surface area contributed by atoms with Crippen LogP contribution in [0.1, 0.15) is 12.5 Å². The van der Waals surface area contributed by atoms with Crippen LogP contribution >= 0.6 is 0 Å². The topological polar surface area (TPSA) is 75.6 Å². The monoisotopic (exact) mass is 301 g/mol. The average Bonchev–Trinajstić information content (AvgIpc) is 2.36. The summed E-state index contributed by atoms with van der Waals surface area (Å²) in [5.41, 5.74) is 0.0305. The van der Waals surface area contributed by atoms with E-state index in [2.05, 4.69) is 16.6 Å². The molecule has 1 unspecified atom stereocenters. The van der Waals surface area contributed by atoms with Gasteiger partial charge in [0.25, 0.3) is 0 Å². The molecule has 1 aromatic carbocycles. The smallest absolute Gasteiger partial charge is 0.240 e. The van der Waals surface area contributed by atoms with Crippen LogP contribution in [0.3, 0.4) is 0 Å². The van der Waals surface area contributed by atoms with Crippen LogP contribution in [-0.4, -0.2) is 39.9 Å². The summed E-state index contributed by atoms with van der Waals surface area (Å²) in [4.78, 5) is -0.187. The van der Waals surface area contributed by atoms with Gasteiger partial charge in [0, 0.05) is 13.2 Å². The number of aliphatic hydroxyl groups is 1. The molecule has 0 fully saturated rings. The normalized spacial score (nSPS) is 12.6. The molecule has 0 aromatic heterocycles. The van der Waals surface area contributed by atoms with Crippen molar-refractivity contribution in [1.82, 2.24) is 4.72 Å². The van der Waals surface area contributed by atoms with Crippen LogP contribution in [0.5, 0.6) is 0 Å². The standard InChI is InChI=1S/C13H16FNO4S/c1-10(9-19-2)15-20(17,18)12-6-5-11(4-3-7-16)13(14)8-12/h5-6,8,10,15-16H,7,9H2,1-2H3. The molecule has 0 aliphatic rings. The molecule has 0 spiro atoms. The number of benzene rings is 1. The molecule has 0 aliphatic carbocycles. The zero-order valence-electron chi connectivity index (χ0n) is 11.2. The third-order valence-corrected chi connectivity index (χ3v) is 3.91. The molecule has 1 rings (SSSR count). The number of rotatable bonds is 5. The Kier molecular flexibility index (Phi) is 6.10. The molecule has 0 bridgehead atoms. The van der Waals surface area contributed by atoms with Crippen LogP contribution < -0.4 is 4.72 Å². The SMILES string of the molecule is COCC(C)NS(=O)(=O)c1ccc(C#CCO)c(F)c1. The van der Waals surface area contributed by atoms with E-state index in [0.717, 1.165) is 6.07 Å². The Morgan fingerprint density at radius 3 is 2.75 bits per heavy atom. The first-order valence-electron chi connectivity index (χ1n) is 5.81. The van der Waals surface area contributed by atoms with E-state index in [1.54, 1.807) is 6.92 Å². The van der Waals surface area contributed by atoms with Crippen molar-refractivity contribution in [2.75, 3.05) is 20.3 Å². The predicted molar refractivity (Wildman–Crippen MR) is 72.0 cm³/mol. The Morgan fingerprint density at radius 2 is 2.20 bits per heavy atom. The highest BCUT2D eigenvalue weighted by Crippen LogP contribution is 2.14. The maximum Gasteiger partial charge on any atom is 0.240 e. The summed E-state index contributed by atoms with van der Waals surface area (Å²) in [5, 5.41) is 8.54. The first-order chi connectivity index (χ1) is 9.40. The number of aliphatic hydroxyl groups excluding tert-OH is 1. The summed E-state index contributed by atoms with van der Waals surface area (Å²) in [6.07, 6.45) is 0. The van der Waals surface area contributed by atoms with Gasteiger partial charge < -0.3 is 9.84 Å². The minimum absolute atomic E-state index is 0.0305. The average molecular weight is 301 g/mol.